The van der Waals surface area contributed by atoms with E-state index in [4.69, 9.17) is 16.3 Å². The van der Waals surface area contributed by atoms with E-state index in [0.717, 1.165) is 42.9 Å². The molecule has 6 rings (SSSR count). The Labute approximate surface area is 235 Å². The maximum Gasteiger partial charge on any atom is 0.264 e. The number of carbonyl (C=O) groups is 1. The lowest BCUT2D eigenvalue weighted by Crippen LogP contribution is -2.47. The Morgan fingerprint density at radius 1 is 1.18 bits per heavy atom. The molecule has 0 saturated heterocycles. The average molecular weight is 571 g/mol. The van der Waals surface area contributed by atoms with E-state index in [-0.39, 0.29) is 28.6 Å². The molecule has 5 atom stereocenters. The van der Waals surface area contributed by atoms with E-state index in [1.807, 2.05) is 31.2 Å². The first-order valence-electron chi connectivity index (χ1n) is 13.8. The number of aliphatic hydroxyl groups is 1. The van der Waals surface area contributed by atoms with Crippen LogP contribution in [0.4, 0.5) is 5.69 Å². The van der Waals surface area contributed by atoms with Crippen molar-refractivity contribution in [2.24, 2.45) is 17.8 Å². The number of amides is 1. The van der Waals surface area contributed by atoms with Crippen molar-refractivity contribution >= 4 is 33.2 Å². The molecule has 2 aliphatic heterocycles. The molecule has 1 fully saturated rings. The number of aryl methyl sites for hydroxylation is 1. The van der Waals surface area contributed by atoms with Gasteiger partial charge in [-0.15, -0.1) is 0 Å². The number of rotatable bonds is 0. The fraction of sp³-hybridized carbons (Fsp3) is 0.500. The summed E-state index contributed by atoms with van der Waals surface area (Å²) in [7, 11) is -3.83. The van der Waals surface area contributed by atoms with E-state index >= 15 is 0 Å². The highest BCUT2D eigenvalue weighted by Gasteiger charge is 2.45. The van der Waals surface area contributed by atoms with E-state index in [2.05, 4.69) is 15.7 Å². The minimum absolute atomic E-state index is 0.137. The molecule has 0 aromatic heterocycles. The smallest absolute Gasteiger partial charge is 0.264 e. The van der Waals surface area contributed by atoms with Gasteiger partial charge in [0, 0.05) is 29.1 Å². The third-order valence-electron chi connectivity index (χ3n) is 9.06. The van der Waals surface area contributed by atoms with Gasteiger partial charge >= 0.3 is 0 Å². The monoisotopic (exact) mass is 570 g/mol. The molecule has 1 spiro atoms. The predicted octanol–water partition coefficient (Wildman–Crippen LogP) is 4.47. The van der Waals surface area contributed by atoms with Gasteiger partial charge in [0.15, 0.2) is 0 Å². The Bertz CT molecular complexity index is 1430. The second kappa shape index (κ2) is 10.1. The highest BCUT2D eigenvalue weighted by molar-refractivity contribution is 7.90. The molecule has 2 aromatic carbocycles. The quantitative estimate of drug-likeness (QED) is 0.454. The summed E-state index contributed by atoms with van der Waals surface area (Å²) in [6.45, 7) is 3.75. The highest BCUT2D eigenvalue weighted by atomic mass is 35.5. The Kier molecular flexibility index (Phi) is 6.92. The fourth-order valence-corrected chi connectivity index (χ4v) is 8.41. The van der Waals surface area contributed by atoms with Crippen molar-refractivity contribution in [3.63, 3.8) is 0 Å². The van der Waals surface area contributed by atoms with Gasteiger partial charge in [-0.1, -0.05) is 36.7 Å². The Morgan fingerprint density at radius 3 is 2.82 bits per heavy atom. The number of nitrogens with zero attached hydrogens (tertiary/aromatic N) is 1. The molecule has 9 heteroatoms. The van der Waals surface area contributed by atoms with Gasteiger partial charge in [0.1, 0.15) is 5.75 Å². The second-order valence-corrected chi connectivity index (χ2v) is 14.1. The summed E-state index contributed by atoms with van der Waals surface area (Å²) in [5.41, 5.74) is 3.33. The predicted molar refractivity (Wildman–Crippen MR) is 152 cm³/mol. The third-order valence-corrected chi connectivity index (χ3v) is 10.8. The van der Waals surface area contributed by atoms with Gasteiger partial charge < -0.3 is 14.7 Å². The lowest BCUT2D eigenvalue weighted by atomic mass is 9.70. The standard InChI is InChI=1S/C30H35ClN2O5S/c1-19-3-2-4-27(34)24-8-5-22(24)15-33-17-30(12-11-20-13-23(31)7-9-25(20)30)18-38-28-10-6-21(14-26(28)33)29(35)32-39(36,37)16-19/h2,4,6-7,9-10,13-14,19,22,24,27,34H,3,5,8,11-12,15-18H2,1H3,(H,32,35)/b4-2+. The zero-order valence-electron chi connectivity index (χ0n) is 22.1. The molecule has 2 N–H and O–H groups in total. The van der Waals surface area contributed by atoms with Gasteiger partial charge in [-0.3, -0.25) is 4.79 Å². The summed E-state index contributed by atoms with van der Waals surface area (Å²) in [6.07, 6.45) is 7.46. The molecule has 2 bridgehead atoms. The Hall–Kier alpha value is -2.55. The molecule has 7 nitrogen and oxygen atoms in total. The molecule has 2 heterocycles. The number of fused-ring (bicyclic) bond motifs is 4. The van der Waals surface area contributed by atoms with E-state index in [1.165, 1.54) is 11.1 Å². The van der Waals surface area contributed by atoms with Crippen molar-refractivity contribution in [3.8, 4) is 5.75 Å². The second-order valence-electron chi connectivity index (χ2n) is 11.9. The Morgan fingerprint density at radius 2 is 2.03 bits per heavy atom. The molecule has 0 radical (unpaired) electrons. The minimum atomic E-state index is -3.83. The van der Waals surface area contributed by atoms with Crippen molar-refractivity contribution < 1.29 is 23.1 Å². The number of allylic oxidation sites excluding steroid dienone is 1. The fourth-order valence-electron chi connectivity index (χ4n) is 6.84. The van der Waals surface area contributed by atoms with Crippen LogP contribution in [-0.2, 0) is 21.9 Å². The normalized spacial score (nSPS) is 32.7. The largest absolute Gasteiger partial charge is 0.490 e. The van der Waals surface area contributed by atoms with Gasteiger partial charge in [0.2, 0.25) is 10.0 Å². The summed E-state index contributed by atoms with van der Waals surface area (Å²) >= 11 is 6.32. The van der Waals surface area contributed by atoms with Gasteiger partial charge in [0.25, 0.3) is 5.91 Å². The minimum Gasteiger partial charge on any atom is -0.490 e. The zero-order valence-corrected chi connectivity index (χ0v) is 23.7. The SMILES string of the molecule is CC1C/C=C/C(O)C2CCC2CN2CC3(CCc4cc(Cl)ccc43)COc3ccc(cc32)C(=O)NS(=O)(=O)C1. The number of sulfonamides is 1. The van der Waals surface area contributed by atoms with Gasteiger partial charge in [-0.2, -0.15) is 0 Å². The molecule has 208 valence electrons. The first-order valence-corrected chi connectivity index (χ1v) is 15.9. The first-order chi connectivity index (χ1) is 18.6. The first kappa shape index (κ1) is 26.7. The topological polar surface area (TPSA) is 95.9 Å². The lowest BCUT2D eigenvalue weighted by Gasteiger charge is -2.43. The lowest BCUT2D eigenvalue weighted by molar-refractivity contribution is 0.0457. The number of ether oxygens (including phenoxy) is 1. The average Bonchev–Trinajstić information content (AvgIpc) is 3.11. The summed E-state index contributed by atoms with van der Waals surface area (Å²) in [6, 6.07) is 11.3. The van der Waals surface area contributed by atoms with Gasteiger partial charge in [-0.25, -0.2) is 13.1 Å². The number of hydrogen-bond donors (Lipinski definition) is 2. The molecule has 2 aromatic rings. The van der Waals surface area contributed by atoms with Gasteiger partial charge in [0.05, 0.1) is 24.2 Å². The summed E-state index contributed by atoms with van der Waals surface area (Å²) in [5.74, 6) is 0.112. The maximum absolute atomic E-state index is 13.1. The van der Waals surface area contributed by atoms with Crippen molar-refractivity contribution in [2.75, 3.05) is 30.3 Å². The molecule has 5 unspecified atom stereocenters. The van der Waals surface area contributed by atoms with E-state index in [1.54, 1.807) is 18.2 Å². The number of nitrogens with one attached hydrogen (secondary N) is 1. The highest BCUT2D eigenvalue weighted by Crippen LogP contribution is 2.47. The van der Waals surface area contributed by atoms with Crippen LogP contribution in [0.15, 0.2) is 48.6 Å². The molecular weight excluding hydrogens is 536 g/mol. The van der Waals surface area contributed by atoms with Crippen LogP contribution in [0.2, 0.25) is 5.02 Å². The molecule has 4 aliphatic rings. The third kappa shape index (κ3) is 5.19. The molecule has 1 amide bonds. The number of halogens is 1. The van der Waals surface area contributed by atoms with Crippen molar-refractivity contribution in [1.29, 1.82) is 0 Å². The van der Waals surface area contributed by atoms with Crippen molar-refractivity contribution in [2.45, 2.75) is 50.5 Å². The van der Waals surface area contributed by atoms with Crippen LogP contribution < -0.4 is 14.4 Å². The van der Waals surface area contributed by atoms with Crippen LogP contribution >= 0.6 is 11.6 Å². The van der Waals surface area contributed by atoms with Gasteiger partial charge in [-0.05, 0) is 91.3 Å². The van der Waals surface area contributed by atoms with E-state index < -0.39 is 22.0 Å². The van der Waals surface area contributed by atoms with Crippen LogP contribution in [0.5, 0.6) is 5.75 Å². The van der Waals surface area contributed by atoms with Crippen LogP contribution in [0.3, 0.4) is 0 Å². The number of aliphatic hydroxyl groups excluding tert-OH is 1. The van der Waals surface area contributed by atoms with Crippen LogP contribution in [0, 0.1) is 17.8 Å². The molecule has 39 heavy (non-hydrogen) atoms. The molecule has 2 aliphatic carbocycles. The number of carbonyl (C=O) groups excluding carboxylic acids is 1. The number of hydrogen-bond acceptors (Lipinski definition) is 6. The maximum atomic E-state index is 13.1. The summed E-state index contributed by atoms with van der Waals surface area (Å²) in [5, 5.41) is 11.7. The van der Waals surface area contributed by atoms with Crippen LogP contribution in [0.1, 0.15) is 54.1 Å². The summed E-state index contributed by atoms with van der Waals surface area (Å²) in [4.78, 5) is 15.4. The summed E-state index contributed by atoms with van der Waals surface area (Å²) < 4.78 is 34.2. The van der Waals surface area contributed by atoms with E-state index in [9.17, 15) is 18.3 Å². The van der Waals surface area contributed by atoms with Crippen LogP contribution in [-0.4, -0.2) is 51.0 Å². The number of anilines is 1. The Balaban J connectivity index is 1.40. The zero-order chi connectivity index (χ0) is 27.4. The van der Waals surface area contributed by atoms with Crippen molar-refractivity contribution in [3.05, 3.63) is 70.3 Å². The van der Waals surface area contributed by atoms with Crippen LogP contribution in [0.25, 0.3) is 0 Å². The molecule has 1 saturated carbocycles. The van der Waals surface area contributed by atoms with E-state index in [0.29, 0.717) is 31.2 Å². The van der Waals surface area contributed by atoms with Crippen molar-refractivity contribution in [1.82, 2.24) is 4.72 Å². The molecular formula is C30H35ClN2O5S. The number of benzene rings is 2.